The molecule has 0 bridgehead atoms. The minimum absolute atomic E-state index is 0.0739. The van der Waals surface area contributed by atoms with Gasteiger partial charge in [0, 0.05) is 0 Å². The van der Waals surface area contributed by atoms with E-state index in [1.165, 1.54) is 0 Å². The molecule has 134 valence electrons. The molecule has 0 heterocycles. The number of rotatable bonds is 7. The molecule has 0 aromatic heterocycles. The summed E-state index contributed by atoms with van der Waals surface area (Å²) in [6.07, 6.45) is 4.70. The topological polar surface area (TPSA) is 52.6 Å². The van der Waals surface area contributed by atoms with Crippen molar-refractivity contribution >= 4 is 11.9 Å². The van der Waals surface area contributed by atoms with E-state index in [1.54, 1.807) is 26.0 Å². The molecule has 0 amide bonds. The Morgan fingerprint density at radius 3 is 1.39 bits per heavy atom. The molecule has 0 saturated heterocycles. The van der Waals surface area contributed by atoms with Crippen molar-refractivity contribution in [1.29, 1.82) is 0 Å². The largest absolute Gasteiger partial charge is 0.465 e. The van der Waals surface area contributed by atoms with Gasteiger partial charge in [-0.2, -0.15) is 0 Å². The third kappa shape index (κ3) is 8.77. The first-order chi connectivity index (χ1) is 10.3. The van der Waals surface area contributed by atoms with Gasteiger partial charge in [-0.25, -0.2) is 0 Å². The molecule has 0 fully saturated rings. The summed E-state index contributed by atoms with van der Waals surface area (Å²) in [7, 11) is 0. The van der Waals surface area contributed by atoms with E-state index in [1.807, 2.05) is 0 Å². The maximum atomic E-state index is 12.4. The molecule has 0 radical (unpaired) electrons. The van der Waals surface area contributed by atoms with Crippen LogP contribution in [0.2, 0.25) is 0 Å². The van der Waals surface area contributed by atoms with E-state index in [2.05, 4.69) is 41.5 Å². The van der Waals surface area contributed by atoms with Crippen molar-refractivity contribution in [3.63, 3.8) is 0 Å². The van der Waals surface area contributed by atoms with E-state index in [0.29, 0.717) is 13.2 Å². The Balaban J connectivity index is 4.76. The van der Waals surface area contributed by atoms with Gasteiger partial charge in [0.05, 0.1) is 13.2 Å². The van der Waals surface area contributed by atoms with Gasteiger partial charge in [-0.05, 0) is 37.5 Å². The summed E-state index contributed by atoms with van der Waals surface area (Å²) in [5.41, 5.74) is -1.24. The van der Waals surface area contributed by atoms with Gasteiger partial charge < -0.3 is 9.47 Å². The molecule has 0 aromatic rings. The number of esters is 2. The van der Waals surface area contributed by atoms with Crippen LogP contribution in [0.3, 0.4) is 0 Å². The maximum absolute atomic E-state index is 12.4. The van der Waals surface area contributed by atoms with Crippen LogP contribution in [0.1, 0.15) is 68.2 Å². The van der Waals surface area contributed by atoms with E-state index in [0.717, 1.165) is 12.8 Å². The zero-order valence-electron chi connectivity index (χ0n) is 16.1. The molecule has 0 aromatic carbocycles. The van der Waals surface area contributed by atoms with Crippen LogP contribution in [0, 0.1) is 16.2 Å². The maximum Gasteiger partial charge on any atom is 0.327 e. The number of hydrogen-bond donors (Lipinski definition) is 0. The van der Waals surface area contributed by atoms with Crippen LogP contribution in [-0.4, -0.2) is 25.2 Å². The average molecular weight is 326 g/mol. The summed E-state index contributed by atoms with van der Waals surface area (Å²) in [6.45, 7) is 16.4. The average Bonchev–Trinajstić information content (AvgIpc) is 2.35. The normalized spacial score (nSPS) is 13.2. The Morgan fingerprint density at radius 1 is 0.783 bits per heavy atom. The zero-order valence-corrected chi connectivity index (χ0v) is 16.1. The monoisotopic (exact) mass is 326 g/mol. The molecule has 0 saturated carbocycles. The summed E-state index contributed by atoms with van der Waals surface area (Å²) >= 11 is 0. The lowest BCUT2D eigenvalue weighted by Gasteiger charge is -2.25. The van der Waals surface area contributed by atoms with Gasteiger partial charge in [0.2, 0.25) is 0 Å². The second kappa shape index (κ2) is 8.51. The van der Waals surface area contributed by atoms with Gasteiger partial charge >= 0.3 is 11.9 Å². The first kappa shape index (κ1) is 21.7. The van der Waals surface area contributed by atoms with Gasteiger partial charge in [0.25, 0.3) is 0 Å². The minimum atomic E-state index is -1.38. The molecule has 0 aliphatic carbocycles. The summed E-state index contributed by atoms with van der Waals surface area (Å²) in [6, 6.07) is 0. The lowest BCUT2D eigenvalue weighted by molar-refractivity contribution is -0.167. The van der Waals surface area contributed by atoms with Gasteiger partial charge in [0.15, 0.2) is 5.41 Å². The van der Waals surface area contributed by atoms with Crippen molar-refractivity contribution in [3.05, 3.63) is 12.2 Å². The van der Waals surface area contributed by atoms with Crippen LogP contribution < -0.4 is 0 Å². The number of allylic oxidation sites excluding steroid dienone is 1. The highest BCUT2D eigenvalue weighted by molar-refractivity contribution is 6.01. The Labute approximate surface area is 141 Å². The Kier molecular flexibility index (Phi) is 8.02. The fraction of sp³-hybridized carbons (Fsp3) is 0.789. The van der Waals surface area contributed by atoms with Crippen molar-refractivity contribution in [2.75, 3.05) is 13.2 Å². The summed E-state index contributed by atoms with van der Waals surface area (Å²) in [4.78, 5) is 24.7. The molecule has 23 heavy (non-hydrogen) atoms. The lowest BCUT2D eigenvalue weighted by Crippen LogP contribution is -2.38. The third-order valence-corrected chi connectivity index (χ3v) is 3.52. The molecular weight excluding hydrogens is 292 g/mol. The quantitative estimate of drug-likeness (QED) is 0.392. The van der Waals surface area contributed by atoms with E-state index in [9.17, 15) is 9.59 Å². The highest BCUT2D eigenvalue weighted by atomic mass is 16.6. The molecule has 0 spiro atoms. The van der Waals surface area contributed by atoms with Crippen LogP contribution in [0.25, 0.3) is 0 Å². The highest BCUT2D eigenvalue weighted by Gasteiger charge is 2.42. The molecule has 0 N–H and O–H groups in total. The van der Waals surface area contributed by atoms with Gasteiger partial charge in [-0.1, -0.05) is 53.7 Å². The molecule has 0 unspecified atom stereocenters. The smallest absolute Gasteiger partial charge is 0.327 e. The fourth-order valence-electron chi connectivity index (χ4n) is 1.75. The molecule has 4 nitrogen and oxygen atoms in total. The van der Waals surface area contributed by atoms with Crippen molar-refractivity contribution in [2.45, 2.75) is 68.2 Å². The van der Waals surface area contributed by atoms with E-state index < -0.39 is 17.4 Å². The molecular formula is C19H34O4. The molecule has 0 aliphatic heterocycles. The molecule has 0 atom stereocenters. The van der Waals surface area contributed by atoms with Gasteiger partial charge in [-0.15, -0.1) is 0 Å². The molecule has 0 rings (SSSR count). The third-order valence-electron chi connectivity index (χ3n) is 3.52. The Morgan fingerprint density at radius 2 is 1.13 bits per heavy atom. The first-order valence-electron chi connectivity index (χ1n) is 8.30. The Hall–Kier alpha value is -1.32. The molecule has 4 heteroatoms. The van der Waals surface area contributed by atoms with E-state index in [4.69, 9.17) is 9.47 Å². The number of hydrogen-bond acceptors (Lipinski definition) is 4. The van der Waals surface area contributed by atoms with Crippen molar-refractivity contribution in [1.82, 2.24) is 0 Å². The molecule has 0 aliphatic rings. The van der Waals surface area contributed by atoms with Crippen molar-refractivity contribution in [2.24, 2.45) is 16.2 Å². The summed E-state index contributed by atoms with van der Waals surface area (Å²) in [5, 5.41) is 0. The lowest BCUT2D eigenvalue weighted by atomic mass is 9.89. The van der Waals surface area contributed by atoms with Crippen LogP contribution in [0.15, 0.2) is 12.2 Å². The van der Waals surface area contributed by atoms with Crippen LogP contribution in [0.5, 0.6) is 0 Å². The SMILES string of the molecule is CC=CC(C)(C(=O)OCCC(C)(C)C)C(=O)OCCC(C)(C)C. The van der Waals surface area contributed by atoms with Crippen LogP contribution in [-0.2, 0) is 19.1 Å². The minimum Gasteiger partial charge on any atom is -0.465 e. The van der Waals surface area contributed by atoms with E-state index >= 15 is 0 Å². The van der Waals surface area contributed by atoms with Crippen molar-refractivity contribution in [3.8, 4) is 0 Å². The van der Waals surface area contributed by atoms with Crippen LogP contribution in [0.4, 0.5) is 0 Å². The number of ether oxygens (including phenoxy) is 2. The second-order valence-electron chi connectivity index (χ2n) is 8.60. The van der Waals surface area contributed by atoms with Crippen molar-refractivity contribution < 1.29 is 19.1 Å². The van der Waals surface area contributed by atoms with Crippen LogP contribution >= 0.6 is 0 Å². The summed E-state index contributed by atoms with van der Waals surface area (Å²) in [5.74, 6) is -1.11. The predicted octanol–water partition coefficient (Wildman–Crippen LogP) is 4.53. The van der Waals surface area contributed by atoms with E-state index in [-0.39, 0.29) is 10.8 Å². The van der Waals surface area contributed by atoms with Gasteiger partial charge in [-0.3, -0.25) is 9.59 Å². The standard InChI is InChI=1S/C19H34O4/c1-9-10-19(8,15(20)22-13-11-17(2,3)4)16(21)23-14-12-18(5,6)7/h9-10H,11-14H2,1-8H3. The zero-order chi connectivity index (χ0) is 18.3. The second-order valence-corrected chi connectivity index (χ2v) is 8.60. The highest BCUT2D eigenvalue weighted by Crippen LogP contribution is 2.26. The summed E-state index contributed by atoms with van der Waals surface area (Å²) < 4.78 is 10.6. The predicted molar refractivity (Wildman–Crippen MR) is 93.0 cm³/mol. The van der Waals surface area contributed by atoms with Gasteiger partial charge in [0.1, 0.15) is 0 Å². The number of carbonyl (C=O) groups excluding carboxylic acids is 2. The fourth-order valence-corrected chi connectivity index (χ4v) is 1.75. The number of carbonyl (C=O) groups is 2. The first-order valence-corrected chi connectivity index (χ1v) is 8.30. The Bertz CT molecular complexity index is 390.